The molecule has 1 aliphatic heterocycles. The molecular weight excluding hydrogens is 316 g/mol. The van der Waals surface area contributed by atoms with Gasteiger partial charge >= 0.3 is 0 Å². The highest BCUT2D eigenvalue weighted by Gasteiger charge is 2.33. The topological polar surface area (TPSA) is 78.8 Å². The maximum absolute atomic E-state index is 12.5. The molecule has 2 aromatic rings. The molecule has 4 rings (SSSR count). The monoisotopic (exact) mass is 342 g/mol. The maximum atomic E-state index is 12.5. The van der Waals surface area contributed by atoms with Crippen LogP contribution in [-0.2, 0) is 7.05 Å². The van der Waals surface area contributed by atoms with Crippen molar-refractivity contribution in [3.05, 3.63) is 35.4 Å². The second-order valence-corrected chi connectivity index (χ2v) is 7.40. The van der Waals surface area contributed by atoms with Crippen molar-refractivity contribution < 1.29 is 4.79 Å². The Morgan fingerprint density at radius 1 is 1.36 bits per heavy atom. The van der Waals surface area contributed by atoms with Crippen molar-refractivity contribution in [1.29, 1.82) is 0 Å². The Morgan fingerprint density at radius 2 is 2.20 bits per heavy atom. The standard InChI is InChI=1S/C18H26N6O/c1-23-9-3-4-13(17(23)16-7-8-20-24(16)2)11-19-18(25)15-10-14(21-22-15)12-5-6-12/h7-8,10,12-13,17H,3-6,9,11H2,1-2H3,(H,19,25)(H,21,22)/t13-,17+/m0/s1. The fraction of sp³-hybridized carbons (Fsp3) is 0.611. The summed E-state index contributed by atoms with van der Waals surface area (Å²) in [4.78, 5) is 14.8. The van der Waals surface area contributed by atoms with Gasteiger partial charge in [-0.1, -0.05) is 0 Å². The number of aromatic nitrogens is 4. The Kier molecular flexibility index (Phi) is 4.33. The largest absolute Gasteiger partial charge is 0.350 e. The molecule has 0 aromatic carbocycles. The van der Waals surface area contributed by atoms with Crippen LogP contribution in [0.1, 0.15) is 59.5 Å². The summed E-state index contributed by atoms with van der Waals surface area (Å²) < 4.78 is 1.94. The van der Waals surface area contributed by atoms with E-state index >= 15 is 0 Å². The summed E-state index contributed by atoms with van der Waals surface area (Å²) >= 11 is 0. The first kappa shape index (κ1) is 16.3. The molecule has 0 spiro atoms. The second-order valence-electron chi connectivity index (χ2n) is 7.40. The summed E-state index contributed by atoms with van der Waals surface area (Å²) in [5.74, 6) is 0.871. The average molecular weight is 342 g/mol. The molecule has 134 valence electrons. The first-order chi connectivity index (χ1) is 12.1. The van der Waals surface area contributed by atoms with Gasteiger partial charge in [0.2, 0.25) is 0 Å². The van der Waals surface area contributed by atoms with E-state index in [1.807, 2.05) is 24.0 Å². The van der Waals surface area contributed by atoms with Crippen molar-refractivity contribution in [2.24, 2.45) is 13.0 Å². The van der Waals surface area contributed by atoms with E-state index in [0.717, 1.165) is 25.1 Å². The van der Waals surface area contributed by atoms with Crippen LogP contribution in [0.5, 0.6) is 0 Å². The van der Waals surface area contributed by atoms with Crippen LogP contribution in [0, 0.1) is 5.92 Å². The second kappa shape index (κ2) is 6.63. The van der Waals surface area contributed by atoms with Crippen LogP contribution in [0.3, 0.4) is 0 Å². The Morgan fingerprint density at radius 3 is 2.92 bits per heavy atom. The number of nitrogens with one attached hydrogen (secondary N) is 2. The van der Waals surface area contributed by atoms with Crippen LogP contribution in [0.4, 0.5) is 0 Å². The molecule has 1 aliphatic carbocycles. The average Bonchev–Trinajstić information content (AvgIpc) is 3.18. The molecule has 2 aromatic heterocycles. The highest BCUT2D eigenvalue weighted by atomic mass is 16.1. The van der Waals surface area contributed by atoms with Gasteiger partial charge in [0.1, 0.15) is 5.69 Å². The van der Waals surface area contributed by atoms with Crippen LogP contribution in [0.25, 0.3) is 0 Å². The van der Waals surface area contributed by atoms with Crippen molar-refractivity contribution in [2.45, 2.75) is 37.6 Å². The summed E-state index contributed by atoms with van der Waals surface area (Å²) in [6.45, 7) is 1.73. The predicted molar refractivity (Wildman–Crippen MR) is 94.2 cm³/mol. The normalized spacial score (nSPS) is 24.4. The number of amides is 1. The van der Waals surface area contributed by atoms with Gasteiger partial charge in [0.15, 0.2) is 0 Å². The maximum Gasteiger partial charge on any atom is 0.271 e. The molecule has 2 fully saturated rings. The molecule has 3 heterocycles. The highest BCUT2D eigenvalue weighted by molar-refractivity contribution is 5.92. The molecule has 0 radical (unpaired) electrons. The van der Waals surface area contributed by atoms with Gasteiger partial charge in [-0.3, -0.25) is 19.5 Å². The fourth-order valence-electron chi connectivity index (χ4n) is 3.99. The van der Waals surface area contributed by atoms with E-state index in [0.29, 0.717) is 24.1 Å². The lowest BCUT2D eigenvalue weighted by atomic mass is 9.87. The van der Waals surface area contributed by atoms with Gasteiger partial charge in [-0.05, 0) is 57.3 Å². The molecular formula is C18H26N6O. The van der Waals surface area contributed by atoms with Crippen molar-refractivity contribution in [3.8, 4) is 0 Å². The van der Waals surface area contributed by atoms with Gasteiger partial charge < -0.3 is 5.32 Å². The number of piperidine rings is 1. The minimum atomic E-state index is -0.0832. The quantitative estimate of drug-likeness (QED) is 0.869. The zero-order chi connectivity index (χ0) is 17.4. The van der Waals surface area contributed by atoms with E-state index in [4.69, 9.17) is 0 Å². The number of rotatable bonds is 5. The zero-order valence-corrected chi connectivity index (χ0v) is 14.9. The number of H-pyrrole nitrogens is 1. The Balaban J connectivity index is 1.42. The molecule has 0 bridgehead atoms. The summed E-state index contributed by atoms with van der Waals surface area (Å²) in [6.07, 6.45) is 6.50. The summed E-state index contributed by atoms with van der Waals surface area (Å²) in [5, 5.41) is 14.6. The smallest absolute Gasteiger partial charge is 0.271 e. The lowest BCUT2D eigenvalue weighted by molar-refractivity contribution is 0.0876. The van der Waals surface area contributed by atoms with Gasteiger partial charge in [0.25, 0.3) is 5.91 Å². The van der Waals surface area contributed by atoms with Crippen LogP contribution in [0.2, 0.25) is 0 Å². The van der Waals surface area contributed by atoms with E-state index in [9.17, 15) is 4.79 Å². The van der Waals surface area contributed by atoms with Crippen molar-refractivity contribution >= 4 is 5.91 Å². The Labute approximate surface area is 147 Å². The van der Waals surface area contributed by atoms with Crippen LogP contribution < -0.4 is 5.32 Å². The zero-order valence-electron chi connectivity index (χ0n) is 14.9. The number of aromatic amines is 1. The van der Waals surface area contributed by atoms with Gasteiger partial charge in [0.05, 0.1) is 11.7 Å². The van der Waals surface area contributed by atoms with E-state index < -0.39 is 0 Å². The Hall–Kier alpha value is -2.15. The molecule has 1 saturated carbocycles. The van der Waals surface area contributed by atoms with E-state index in [1.165, 1.54) is 18.5 Å². The van der Waals surface area contributed by atoms with Crippen molar-refractivity contribution in [1.82, 2.24) is 30.2 Å². The third-order valence-electron chi connectivity index (χ3n) is 5.54. The number of nitrogens with zero attached hydrogens (tertiary/aromatic N) is 4. The first-order valence-electron chi connectivity index (χ1n) is 9.15. The first-order valence-corrected chi connectivity index (χ1v) is 9.15. The van der Waals surface area contributed by atoms with Gasteiger partial charge in [0, 0.05) is 31.4 Å². The van der Waals surface area contributed by atoms with Crippen molar-refractivity contribution in [3.63, 3.8) is 0 Å². The minimum Gasteiger partial charge on any atom is -0.350 e. The minimum absolute atomic E-state index is 0.0832. The van der Waals surface area contributed by atoms with E-state index in [2.05, 4.69) is 38.6 Å². The molecule has 1 saturated heterocycles. The highest BCUT2D eigenvalue weighted by Crippen LogP contribution is 2.39. The van der Waals surface area contributed by atoms with Gasteiger partial charge in [-0.15, -0.1) is 0 Å². The lowest BCUT2D eigenvalue weighted by Crippen LogP contribution is -2.42. The number of likely N-dealkylation sites (tertiary alicyclic amines) is 1. The molecule has 7 heteroatoms. The Bertz CT molecular complexity index is 746. The molecule has 2 N–H and O–H groups in total. The van der Waals surface area contributed by atoms with Gasteiger partial charge in [-0.25, -0.2) is 0 Å². The van der Waals surface area contributed by atoms with Gasteiger partial charge in [-0.2, -0.15) is 10.2 Å². The fourth-order valence-corrected chi connectivity index (χ4v) is 3.99. The number of hydrogen-bond donors (Lipinski definition) is 2. The number of carbonyl (C=O) groups is 1. The van der Waals surface area contributed by atoms with Crippen LogP contribution in [-0.4, -0.2) is 50.9 Å². The summed E-state index contributed by atoms with van der Waals surface area (Å²) in [5.41, 5.74) is 2.80. The van der Waals surface area contributed by atoms with Crippen LogP contribution >= 0.6 is 0 Å². The number of aryl methyl sites for hydroxylation is 1. The molecule has 1 amide bonds. The summed E-state index contributed by atoms with van der Waals surface area (Å²) in [6, 6.07) is 4.26. The molecule has 25 heavy (non-hydrogen) atoms. The van der Waals surface area contributed by atoms with Crippen molar-refractivity contribution in [2.75, 3.05) is 20.1 Å². The summed E-state index contributed by atoms with van der Waals surface area (Å²) in [7, 11) is 4.14. The lowest BCUT2D eigenvalue weighted by Gasteiger charge is -2.39. The molecule has 2 atom stereocenters. The van der Waals surface area contributed by atoms with E-state index in [1.54, 1.807) is 0 Å². The molecule has 7 nitrogen and oxygen atoms in total. The molecule has 2 aliphatic rings. The SMILES string of the molecule is CN1CCC[C@@H](CNC(=O)c2cc(C3CC3)[nH]n2)[C@@H]1c1ccnn1C. The molecule has 0 unspecified atom stereocenters. The predicted octanol–water partition coefficient (Wildman–Crippen LogP) is 1.83. The number of carbonyl (C=O) groups excluding carboxylic acids is 1. The van der Waals surface area contributed by atoms with E-state index in [-0.39, 0.29) is 11.9 Å². The third kappa shape index (κ3) is 3.33. The third-order valence-corrected chi connectivity index (χ3v) is 5.54. The van der Waals surface area contributed by atoms with Crippen LogP contribution in [0.15, 0.2) is 18.3 Å². The number of hydrogen-bond acceptors (Lipinski definition) is 4.